The highest BCUT2D eigenvalue weighted by Crippen LogP contribution is 2.51. The second kappa shape index (κ2) is 7.19. The number of fused-ring (bicyclic) bond motifs is 3. The molecule has 1 saturated heterocycles. The van der Waals surface area contributed by atoms with Crippen LogP contribution in [-0.4, -0.2) is 48.0 Å². The van der Waals surface area contributed by atoms with Crippen LogP contribution < -0.4 is 24.4 Å². The maximum atomic E-state index is 13.5. The first kappa shape index (κ1) is 21.9. The summed E-state index contributed by atoms with van der Waals surface area (Å²) in [6.45, 7) is 2.64. The summed E-state index contributed by atoms with van der Waals surface area (Å²) < 4.78 is 41.5. The van der Waals surface area contributed by atoms with Gasteiger partial charge in [0.1, 0.15) is 29.4 Å². The molecule has 11 heteroatoms. The van der Waals surface area contributed by atoms with Crippen LogP contribution in [0.5, 0.6) is 17.2 Å². The van der Waals surface area contributed by atoms with Gasteiger partial charge in [-0.05, 0) is 43.9 Å². The highest BCUT2D eigenvalue weighted by Gasteiger charge is 2.55. The molecule has 2 N–H and O–H groups in total. The van der Waals surface area contributed by atoms with Crippen molar-refractivity contribution in [3.8, 4) is 17.2 Å². The number of carboxylic acid groups (broad SMARTS) is 1. The fourth-order valence-electron chi connectivity index (χ4n) is 5.75. The molecule has 2 fully saturated rings. The average Bonchev–Trinajstić information content (AvgIpc) is 3.52. The Morgan fingerprint density at radius 2 is 1.97 bits per heavy atom. The Hall–Kier alpha value is -3.63. The van der Waals surface area contributed by atoms with Crippen molar-refractivity contribution in [1.29, 1.82) is 0 Å². The molecule has 184 valence electrons. The predicted octanol–water partition coefficient (Wildman–Crippen LogP) is 3.38. The lowest BCUT2D eigenvalue weighted by atomic mass is 9.81. The van der Waals surface area contributed by atoms with Crippen LogP contribution in [0.2, 0.25) is 0 Å². The first-order valence-electron chi connectivity index (χ1n) is 11.4. The minimum atomic E-state index is -3.77. The summed E-state index contributed by atoms with van der Waals surface area (Å²) in [5.41, 5.74) is -1.52. The number of hydrogen-bond acceptors (Lipinski definition) is 7. The van der Waals surface area contributed by atoms with Crippen molar-refractivity contribution >= 4 is 23.5 Å². The van der Waals surface area contributed by atoms with E-state index in [9.17, 15) is 23.5 Å². The van der Waals surface area contributed by atoms with Gasteiger partial charge in [-0.3, -0.25) is 9.59 Å². The molecule has 4 heterocycles. The minimum absolute atomic E-state index is 0.00206. The molecule has 3 aliphatic heterocycles. The Balaban J connectivity index is 1.22. The molecule has 35 heavy (non-hydrogen) atoms. The Kier molecular flexibility index (Phi) is 4.49. The number of carbonyl (C=O) groups is 2. The van der Waals surface area contributed by atoms with Crippen LogP contribution in [0.1, 0.15) is 31.7 Å². The van der Waals surface area contributed by atoms with Crippen molar-refractivity contribution in [2.24, 2.45) is 11.3 Å². The normalized spacial score (nSPS) is 29.5. The lowest BCUT2D eigenvalue weighted by Gasteiger charge is -2.24. The lowest BCUT2D eigenvalue weighted by Crippen LogP contribution is -2.39. The Labute approximate surface area is 199 Å². The zero-order valence-electron chi connectivity index (χ0n) is 18.8. The Morgan fingerprint density at radius 3 is 2.71 bits per heavy atom. The van der Waals surface area contributed by atoms with E-state index in [0.29, 0.717) is 36.7 Å². The van der Waals surface area contributed by atoms with E-state index in [1.807, 2.05) is 4.90 Å². The molecule has 4 aliphatic rings. The molecule has 6 rings (SSSR count). The number of carboxylic acids is 1. The molecule has 1 amide bonds. The second-order valence-electron chi connectivity index (χ2n) is 9.85. The van der Waals surface area contributed by atoms with Gasteiger partial charge in [-0.2, -0.15) is 0 Å². The van der Waals surface area contributed by atoms with Gasteiger partial charge in [-0.25, -0.2) is 4.98 Å². The molecule has 3 atom stereocenters. The average molecular weight is 487 g/mol. The van der Waals surface area contributed by atoms with Gasteiger partial charge in [-0.15, -0.1) is 8.78 Å². The van der Waals surface area contributed by atoms with Gasteiger partial charge < -0.3 is 29.5 Å². The van der Waals surface area contributed by atoms with Crippen LogP contribution in [-0.2, 0) is 15.0 Å². The van der Waals surface area contributed by atoms with Crippen LogP contribution in [0, 0.1) is 11.3 Å². The third-order valence-electron chi connectivity index (χ3n) is 7.71. The van der Waals surface area contributed by atoms with E-state index in [1.165, 1.54) is 12.1 Å². The number of ether oxygens (including phenoxy) is 3. The summed E-state index contributed by atoms with van der Waals surface area (Å²) in [4.78, 5) is 31.9. The van der Waals surface area contributed by atoms with Crippen LogP contribution >= 0.6 is 0 Å². The Bertz CT molecular complexity index is 1260. The van der Waals surface area contributed by atoms with E-state index in [-0.39, 0.29) is 29.8 Å². The first-order chi connectivity index (χ1) is 16.6. The highest BCUT2D eigenvalue weighted by atomic mass is 19.3. The van der Waals surface area contributed by atoms with Gasteiger partial charge in [0.25, 0.3) is 0 Å². The number of amides is 1. The molecule has 1 aliphatic carbocycles. The van der Waals surface area contributed by atoms with Gasteiger partial charge >= 0.3 is 12.3 Å². The number of benzene rings is 1. The number of carbonyl (C=O) groups excluding carboxylic acids is 1. The monoisotopic (exact) mass is 487 g/mol. The minimum Gasteiger partial charge on any atom is -0.492 e. The predicted molar refractivity (Wildman–Crippen MR) is 118 cm³/mol. The zero-order chi connectivity index (χ0) is 24.6. The number of aliphatic carboxylic acids is 1. The van der Waals surface area contributed by atoms with Crippen molar-refractivity contribution in [1.82, 2.24) is 4.98 Å². The van der Waals surface area contributed by atoms with E-state index in [1.54, 1.807) is 25.1 Å². The number of pyridine rings is 1. The van der Waals surface area contributed by atoms with Crippen LogP contribution in [0.25, 0.3) is 0 Å². The lowest BCUT2D eigenvalue weighted by molar-refractivity contribution is -0.286. The molecule has 9 nitrogen and oxygen atoms in total. The van der Waals surface area contributed by atoms with E-state index in [0.717, 1.165) is 12.8 Å². The maximum absolute atomic E-state index is 13.5. The molecule has 0 bridgehead atoms. The largest absolute Gasteiger partial charge is 0.586 e. The molecule has 2 aromatic rings. The molecule has 0 spiro atoms. The second-order valence-corrected chi connectivity index (χ2v) is 9.85. The standard InChI is InChI=1S/C24H23F2N3O6/c1-22(12-33-15-9-17-16(8-14(15)22)34-24(25,26)35-17)20(30)28-18-5-2-6-19(27-18)29-10-13-4-3-7-23(13,11-29)21(31)32/h2,5-6,8-9,13H,3-4,7,10-12H2,1H3,(H,31,32)(H,27,28,30)/t13?,22-,23?/m0/s1. The van der Waals surface area contributed by atoms with Gasteiger partial charge in [0.2, 0.25) is 5.91 Å². The first-order valence-corrected chi connectivity index (χ1v) is 11.4. The molecule has 1 saturated carbocycles. The molecular formula is C24H23F2N3O6. The van der Waals surface area contributed by atoms with E-state index < -0.39 is 29.0 Å². The molecule has 1 aromatic heterocycles. The summed E-state index contributed by atoms with van der Waals surface area (Å²) in [6.07, 6.45) is -1.33. The van der Waals surface area contributed by atoms with Crippen molar-refractivity contribution in [3.05, 3.63) is 35.9 Å². The molecule has 1 aromatic carbocycles. The molecule has 2 unspecified atom stereocenters. The maximum Gasteiger partial charge on any atom is 0.586 e. The van der Waals surface area contributed by atoms with Gasteiger partial charge in [0.15, 0.2) is 11.5 Å². The van der Waals surface area contributed by atoms with E-state index in [4.69, 9.17) is 4.74 Å². The number of aromatic nitrogens is 1. The smallest absolute Gasteiger partial charge is 0.492 e. The number of hydrogen-bond donors (Lipinski definition) is 2. The number of nitrogens with one attached hydrogen (secondary N) is 1. The Morgan fingerprint density at radius 1 is 1.20 bits per heavy atom. The quantitative estimate of drug-likeness (QED) is 0.676. The summed E-state index contributed by atoms with van der Waals surface area (Å²) in [7, 11) is 0. The third-order valence-corrected chi connectivity index (χ3v) is 7.71. The van der Waals surface area contributed by atoms with Crippen molar-refractivity contribution in [2.75, 3.05) is 29.9 Å². The topological polar surface area (TPSA) is 110 Å². The van der Waals surface area contributed by atoms with Gasteiger partial charge in [0, 0.05) is 24.7 Å². The summed E-state index contributed by atoms with van der Waals surface area (Å²) in [5, 5.41) is 12.7. The van der Waals surface area contributed by atoms with Crippen LogP contribution in [0.4, 0.5) is 20.4 Å². The van der Waals surface area contributed by atoms with Crippen molar-refractivity contribution in [3.63, 3.8) is 0 Å². The van der Waals surface area contributed by atoms with E-state index >= 15 is 0 Å². The van der Waals surface area contributed by atoms with E-state index in [2.05, 4.69) is 19.8 Å². The number of anilines is 2. The summed E-state index contributed by atoms with van der Waals surface area (Å²) >= 11 is 0. The fraction of sp³-hybridized carbons (Fsp3) is 0.458. The van der Waals surface area contributed by atoms with Gasteiger partial charge in [0.05, 0.1) is 5.41 Å². The SMILES string of the molecule is C[C@]1(C(=O)Nc2cccc(N3CC4CCCC4(C(=O)O)C3)n2)COc2cc3c(cc21)OC(F)(F)O3. The molecule has 0 radical (unpaired) electrons. The number of nitrogens with zero attached hydrogens (tertiary/aromatic N) is 2. The van der Waals surface area contributed by atoms with Crippen LogP contribution in [0.3, 0.4) is 0 Å². The van der Waals surface area contributed by atoms with Crippen LogP contribution in [0.15, 0.2) is 30.3 Å². The van der Waals surface area contributed by atoms with Crippen molar-refractivity contribution in [2.45, 2.75) is 37.9 Å². The third kappa shape index (κ3) is 3.28. The number of halogens is 2. The highest BCUT2D eigenvalue weighted by molar-refractivity contribution is 5.99. The zero-order valence-corrected chi connectivity index (χ0v) is 18.8. The van der Waals surface area contributed by atoms with Crippen molar-refractivity contribution < 1.29 is 37.7 Å². The number of alkyl halides is 2. The number of rotatable bonds is 4. The van der Waals surface area contributed by atoms with Gasteiger partial charge in [-0.1, -0.05) is 12.5 Å². The summed E-state index contributed by atoms with van der Waals surface area (Å²) in [5.74, 6) is -0.260. The summed E-state index contributed by atoms with van der Waals surface area (Å²) in [6, 6.07) is 7.83. The molecular weight excluding hydrogens is 464 g/mol. The fourth-order valence-corrected chi connectivity index (χ4v) is 5.75.